The number of ether oxygens (including phenoxy) is 1. The summed E-state index contributed by atoms with van der Waals surface area (Å²) in [5, 5.41) is 5.61. The van der Waals surface area contributed by atoms with Gasteiger partial charge in [0, 0.05) is 19.5 Å². The lowest BCUT2D eigenvalue weighted by Gasteiger charge is -2.20. The SMILES string of the molecule is CCCCNC(=O)c1ccccc1NC(=O)[C@@H]1CCN(S(C)(=O)=O)c2ccccc2O1. The van der Waals surface area contributed by atoms with Crippen LogP contribution in [0.1, 0.15) is 36.5 Å². The van der Waals surface area contributed by atoms with Crippen molar-refractivity contribution in [1.29, 1.82) is 0 Å². The monoisotopic (exact) mass is 445 g/mol. The fourth-order valence-corrected chi connectivity index (χ4v) is 4.28. The summed E-state index contributed by atoms with van der Waals surface area (Å²) in [6.07, 6.45) is 2.20. The van der Waals surface area contributed by atoms with Crippen molar-refractivity contribution in [1.82, 2.24) is 5.32 Å². The van der Waals surface area contributed by atoms with Crippen LogP contribution in [0.3, 0.4) is 0 Å². The molecular formula is C22H27N3O5S. The summed E-state index contributed by atoms with van der Waals surface area (Å²) in [5.41, 5.74) is 1.14. The van der Waals surface area contributed by atoms with Crippen LogP contribution < -0.4 is 19.7 Å². The van der Waals surface area contributed by atoms with E-state index in [-0.39, 0.29) is 18.9 Å². The number of sulfonamides is 1. The molecule has 1 atom stereocenters. The second-order valence-corrected chi connectivity index (χ2v) is 9.25. The van der Waals surface area contributed by atoms with Crippen LogP contribution in [-0.2, 0) is 14.8 Å². The molecule has 8 nitrogen and oxygen atoms in total. The number of benzene rings is 2. The number of nitrogens with one attached hydrogen (secondary N) is 2. The quantitative estimate of drug-likeness (QED) is 0.638. The second kappa shape index (κ2) is 9.82. The van der Waals surface area contributed by atoms with E-state index >= 15 is 0 Å². The molecule has 2 aromatic carbocycles. The zero-order valence-electron chi connectivity index (χ0n) is 17.6. The van der Waals surface area contributed by atoms with E-state index in [0.29, 0.717) is 29.2 Å². The molecule has 2 N–H and O–H groups in total. The van der Waals surface area contributed by atoms with Crippen LogP contribution in [0.2, 0.25) is 0 Å². The van der Waals surface area contributed by atoms with E-state index in [0.717, 1.165) is 19.1 Å². The Bertz CT molecular complexity index is 1050. The molecule has 1 aliphatic heterocycles. The van der Waals surface area contributed by atoms with Gasteiger partial charge in [-0.15, -0.1) is 0 Å². The predicted molar refractivity (Wildman–Crippen MR) is 120 cm³/mol. The number of hydrogen-bond donors (Lipinski definition) is 2. The van der Waals surface area contributed by atoms with E-state index in [9.17, 15) is 18.0 Å². The Balaban J connectivity index is 1.79. The molecule has 0 saturated heterocycles. The van der Waals surface area contributed by atoms with Crippen LogP contribution in [-0.4, -0.2) is 45.7 Å². The smallest absolute Gasteiger partial charge is 0.265 e. The number of hydrogen-bond acceptors (Lipinski definition) is 5. The number of amides is 2. The number of unbranched alkanes of at least 4 members (excludes halogenated alkanes) is 1. The van der Waals surface area contributed by atoms with Crippen molar-refractivity contribution in [3.8, 4) is 5.75 Å². The van der Waals surface area contributed by atoms with Crippen LogP contribution in [0.25, 0.3) is 0 Å². The first-order chi connectivity index (χ1) is 14.8. The highest BCUT2D eigenvalue weighted by atomic mass is 32.2. The highest BCUT2D eigenvalue weighted by Crippen LogP contribution is 2.34. The molecule has 1 heterocycles. The Morgan fingerprint density at radius 1 is 1.13 bits per heavy atom. The van der Waals surface area contributed by atoms with Crippen LogP contribution in [0.5, 0.6) is 5.75 Å². The molecule has 0 bridgehead atoms. The van der Waals surface area contributed by atoms with Crippen molar-refractivity contribution >= 4 is 33.2 Å². The number of anilines is 2. The van der Waals surface area contributed by atoms with Gasteiger partial charge in [0.25, 0.3) is 11.8 Å². The third-order valence-electron chi connectivity index (χ3n) is 4.94. The van der Waals surface area contributed by atoms with Gasteiger partial charge in [0.15, 0.2) is 6.10 Å². The van der Waals surface area contributed by atoms with Crippen LogP contribution >= 0.6 is 0 Å². The Morgan fingerprint density at radius 2 is 1.84 bits per heavy atom. The van der Waals surface area contributed by atoms with Gasteiger partial charge in [0.2, 0.25) is 10.0 Å². The highest BCUT2D eigenvalue weighted by Gasteiger charge is 2.31. The van der Waals surface area contributed by atoms with Crippen LogP contribution in [0.15, 0.2) is 48.5 Å². The number of nitrogens with zero attached hydrogens (tertiary/aromatic N) is 1. The molecule has 9 heteroatoms. The van der Waals surface area contributed by atoms with Crippen LogP contribution in [0.4, 0.5) is 11.4 Å². The largest absolute Gasteiger partial charge is 0.478 e. The summed E-state index contributed by atoms with van der Waals surface area (Å²) in [6, 6.07) is 13.5. The first-order valence-corrected chi connectivity index (χ1v) is 12.1. The molecule has 1 aliphatic rings. The van der Waals surface area contributed by atoms with Gasteiger partial charge >= 0.3 is 0 Å². The molecule has 0 aromatic heterocycles. The van der Waals surface area contributed by atoms with E-state index in [1.807, 2.05) is 6.92 Å². The van der Waals surface area contributed by atoms with Gasteiger partial charge in [-0.05, 0) is 30.7 Å². The normalized spacial score (nSPS) is 15.9. The summed E-state index contributed by atoms with van der Waals surface area (Å²) in [5.74, 6) is -0.394. The fraction of sp³-hybridized carbons (Fsp3) is 0.364. The lowest BCUT2D eigenvalue weighted by atomic mass is 10.1. The Hall–Kier alpha value is -3.07. The lowest BCUT2D eigenvalue weighted by Crippen LogP contribution is -2.36. The van der Waals surface area contributed by atoms with Crippen molar-refractivity contribution in [3.63, 3.8) is 0 Å². The molecular weight excluding hydrogens is 418 g/mol. The van der Waals surface area contributed by atoms with E-state index < -0.39 is 22.0 Å². The number of para-hydroxylation sites is 3. The molecule has 0 radical (unpaired) electrons. The number of fused-ring (bicyclic) bond motifs is 1. The first kappa shape index (κ1) is 22.6. The van der Waals surface area contributed by atoms with E-state index in [2.05, 4.69) is 10.6 Å². The Labute approximate surface area is 182 Å². The zero-order chi connectivity index (χ0) is 22.4. The predicted octanol–water partition coefficient (Wildman–Crippen LogP) is 2.77. The van der Waals surface area contributed by atoms with Crippen molar-refractivity contribution < 1.29 is 22.7 Å². The number of rotatable bonds is 7. The molecule has 0 saturated carbocycles. The van der Waals surface area contributed by atoms with Gasteiger partial charge in [-0.3, -0.25) is 13.9 Å². The standard InChI is InChI=1S/C22H27N3O5S/c1-3-4-14-23-21(26)16-9-5-6-10-17(16)24-22(27)20-13-15-25(31(2,28)29)18-11-7-8-12-19(18)30-20/h5-12,20H,3-4,13-15H2,1-2H3,(H,23,26)(H,24,27)/t20-/m0/s1. The Kier molecular flexibility index (Phi) is 7.17. The van der Waals surface area contributed by atoms with Gasteiger partial charge in [0.1, 0.15) is 5.75 Å². The topological polar surface area (TPSA) is 105 Å². The first-order valence-electron chi connectivity index (χ1n) is 10.2. The maximum atomic E-state index is 13.0. The minimum atomic E-state index is -3.53. The molecule has 0 fully saturated rings. The van der Waals surface area contributed by atoms with Crippen LogP contribution in [0, 0.1) is 0 Å². The summed E-state index contributed by atoms with van der Waals surface area (Å²) in [6.45, 7) is 2.70. The van der Waals surface area contributed by atoms with Gasteiger partial charge in [-0.2, -0.15) is 0 Å². The molecule has 0 spiro atoms. The highest BCUT2D eigenvalue weighted by molar-refractivity contribution is 7.92. The molecule has 3 rings (SSSR count). The summed E-state index contributed by atoms with van der Waals surface area (Å²) in [7, 11) is -3.53. The minimum absolute atomic E-state index is 0.104. The van der Waals surface area contributed by atoms with E-state index in [4.69, 9.17) is 4.74 Å². The number of carbonyl (C=O) groups excluding carboxylic acids is 2. The molecule has 0 unspecified atom stereocenters. The van der Waals surface area contributed by atoms with E-state index in [1.54, 1.807) is 48.5 Å². The number of carbonyl (C=O) groups is 2. The molecule has 31 heavy (non-hydrogen) atoms. The van der Waals surface area contributed by atoms with Gasteiger partial charge in [-0.1, -0.05) is 37.6 Å². The van der Waals surface area contributed by atoms with Gasteiger partial charge < -0.3 is 15.4 Å². The third-order valence-corrected chi connectivity index (χ3v) is 6.12. The van der Waals surface area contributed by atoms with Gasteiger partial charge in [0.05, 0.1) is 23.2 Å². The third kappa shape index (κ3) is 5.55. The molecule has 166 valence electrons. The summed E-state index contributed by atoms with van der Waals surface area (Å²) < 4.78 is 31.6. The minimum Gasteiger partial charge on any atom is -0.478 e. The van der Waals surface area contributed by atoms with E-state index in [1.165, 1.54) is 4.31 Å². The average Bonchev–Trinajstić information content (AvgIpc) is 2.94. The maximum Gasteiger partial charge on any atom is 0.265 e. The van der Waals surface area contributed by atoms with Crippen molar-refractivity contribution in [2.24, 2.45) is 0 Å². The maximum absolute atomic E-state index is 13.0. The fourth-order valence-electron chi connectivity index (χ4n) is 3.34. The summed E-state index contributed by atoms with van der Waals surface area (Å²) in [4.78, 5) is 25.5. The van der Waals surface area contributed by atoms with Crippen molar-refractivity contribution in [3.05, 3.63) is 54.1 Å². The molecule has 2 amide bonds. The second-order valence-electron chi connectivity index (χ2n) is 7.34. The zero-order valence-corrected chi connectivity index (χ0v) is 18.4. The van der Waals surface area contributed by atoms with Gasteiger partial charge in [-0.25, -0.2) is 8.42 Å². The Morgan fingerprint density at radius 3 is 2.58 bits per heavy atom. The molecule has 2 aromatic rings. The summed E-state index contributed by atoms with van der Waals surface area (Å²) >= 11 is 0. The van der Waals surface area contributed by atoms with Crippen molar-refractivity contribution in [2.45, 2.75) is 32.3 Å². The molecule has 0 aliphatic carbocycles. The average molecular weight is 446 g/mol. The lowest BCUT2D eigenvalue weighted by molar-refractivity contribution is -0.122. The van der Waals surface area contributed by atoms with Crippen molar-refractivity contribution in [2.75, 3.05) is 29.0 Å².